The molecule has 0 spiro atoms. The van der Waals surface area contributed by atoms with Gasteiger partial charge in [-0.3, -0.25) is 4.79 Å². The number of nitrogens with zero attached hydrogens (tertiary/aromatic N) is 1. The van der Waals surface area contributed by atoms with Gasteiger partial charge in [-0.05, 0) is 43.9 Å². The van der Waals surface area contributed by atoms with Crippen LogP contribution in [0.3, 0.4) is 0 Å². The van der Waals surface area contributed by atoms with Crippen molar-refractivity contribution in [1.82, 2.24) is 10.2 Å². The first-order valence-corrected chi connectivity index (χ1v) is 7.18. The summed E-state index contributed by atoms with van der Waals surface area (Å²) in [5.74, 6) is 0.247. The summed E-state index contributed by atoms with van der Waals surface area (Å²) in [6.07, 6.45) is 4.09. The number of hydrogen-bond donors (Lipinski definition) is 1. The van der Waals surface area contributed by atoms with E-state index in [0.29, 0.717) is 19.0 Å². The zero-order chi connectivity index (χ0) is 13.7. The number of hydrogen-bond acceptors (Lipinski definition) is 2. The van der Waals surface area contributed by atoms with Crippen LogP contribution in [0, 0.1) is 6.92 Å². The molecular weight excluding hydrogens is 236 g/mol. The quantitative estimate of drug-likeness (QED) is 0.882. The summed E-state index contributed by atoms with van der Waals surface area (Å²) in [4.78, 5) is 14.0. The van der Waals surface area contributed by atoms with Gasteiger partial charge >= 0.3 is 0 Å². The maximum atomic E-state index is 12.1. The first-order chi connectivity index (χ1) is 9.16. The van der Waals surface area contributed by atoms with Crippen molar-refractivity contribution in [2.24, 2.45) is 0 Å². The molecule has 1 aliphatic heterocycles. The van der Waals surface area contributed by atoms with Gasteiger partial charge in [0.25, 0.3) is 0 Å². The average Bonchev–Trinajstić information content (AvgIpc) is 2.91. The van der Waals surface area contributed by atoms with Crippen LogP contribution in [0.4, 0.5) is 0 Å². The number of carbonyl (C=O) groups excluding carboxylic acids is 1. The number of carbonyl (C=O) groups is 1. The van der Waals surface area contributed by atoms with Crippen LogP contribution in [0.25, 0.3) is 0 Å². The van der Waals surface area contributed by atoms with Gasteiger partial charge < -0.3 is 10.2 Å². The largest absolute Gasteiger partial charge is 0.341 e. The molecule has 0 aromatic heterocycles. The van der Waals surface area contributed by atoms with Gasteiger partial charge in [0.1, 0.15) is 0 Å². The van der Waals surface area contributed by atoms with E-state index < -0.39 is 0 Å². The van der Waals surface area contributed by atoms with Crippen molar-refractivity contribution in [1.29, 1.82) is 0 Å². The highest BCUT2D eigenvalue weighted by atomic mass is 16.2. The molecule has 0 saturated carbocycles. The molecule has 1 saturated heterocycles. The summed E-state index contributed by atoms with van der Waals surface area (Å²) in [6, 6.07) is 8.80. The molecule has 1 aromatic carbocycles. The predicted octanol–water partition coefficient (Wildman–Crippen LogP) is 2.49. The predicted molar refractivity (Wildman–Crippen MR) is 77.9 cm³/mol. The summed E-state index contributed by atoms with van der Waals surface area (Å²) in [6.45, 7) is 3.91. The van der Waals surface area contributed by atoms with Crippen molar-refractivity contribution < 1.29 is 4.79 Å². The minimum Gasteiger partial charge on any atom is -0.341 e. The Hall–Kier alpha value is -1.35. The lowest BCUT2D eigenvalue weighted by Crippen LogP contribution is -2.29. The average molecular weight is 260 g/mol. The molecule has 3 heteroatoms. The minimum absolute atomic E-state index is 0.247. The first-order valence-electron chi connectivity index (χ1n) is 7.18. The molecule has 1 amide bonds. The van der Waals surface area contributed by atoms with E-state index in [1.54, 1.807) is 0 Å². The molecule has 1 unspecified atom stereocenters. The SMILES string of the molecule is Cc1ccccc1CN(C)C(=O)CCC1CCCN1. The molecule has 19 heavy (non-hydrogen) atoms. The molecule has 3 nitrogen and oxygen atoms in total. The number of rotatable bonds is 5. The van der Waals surface area contributed by atoms with E-state index in [1.807, 2.05) is 24.1 Å². The monoisotopic (exact) mass is 260 g/mol. The Labute approximate surface area is 116 Å². The Morgan fingerprint density at radius 3 is 2.89 bits per heavy atom. The number of aryl methyl sites for hydroxylation is 1. The van der Waals surface area contributed by atoms with Gasteiger partial charge in [-0.15, -0.1) is 0 Å². The van der Waals surface area contributed by atoms with E-state index in [1.165, 1.54) is 24.0 Å². The normalized spacial score (nSPS) is 18.5. The van der Waals surface area contributed by atoms with E-state index in [-0.39, 0.29) is 5.91 Å². The van der Waals surface area contributed by atoms with Crippen LogP contribution in [0.2, 0.25) is 0 Å². The van der Waals surface area contributed by atoms with Gasteiger partial charge in [0.15, 0.2) is 0 Å². The van der Waals surface area contributed by atoms with E-state index >= 15 is 0 Å². The Bertz CT molecular complexity index is 425. The standard InChI is InChI=1S/C16H24N2O/c1-13-6-3-4-7-14(13)12-18(2)16(19)10-9-15-8-5-11-17-15/h3-4,6-7,15,17H,5,8-12H2,1-2H3. The molecule has 1 fully saturated rings. The number of benzene rings is 1. The Morgan fingerprint density at radius 2 is 2.21 bits per heavy atom. The minimum atomic E-state index is 0.247. The number of nitrogens with one attached hydrogen (secondary N) is 1. The summed E-state index contributed by atoms with van der Waals surface area (Å²) in [7, 11) is 1.90. The smallest absolute Gasteiger partial charge is 0.222 e. The Morgan fingerprint density at radius 1 is 1.42 bits per heavy atom. The summed E-state index contributed by atoms with van der Waals surface area (Å²) in [5.41, 5.74) is 2.48. The van der Waals surface area contributed by atoms with Crippen LogP contribution in [-0.4, -0.2) is 30.4 Å². The van der Waals surface area contributed by atoms with E-state index in [4.69, 9.17) is 0 Å². The zero-order valence-electron chi connectivity index (χ0n) is 12.0. The van der Waals surface area contributed by atoms with Crippen LogP contribution in [0.5, 0.6) is 0 Å². The van der Waals surface area contributed by atoms with Crippen molar-refractivity contribution >= 4 is 5.91 Å². The third-order valence-electron chi connectivity index (χ3n) is 3.96. The fourth-order valence-electron chi connectivity index (χ4n) is 2.62. The lowest BCUT2D eigenvalue weighted by molar-refractivity contribution is -0.130. The molecule has 0 aliphatic carbocycles. The molecule has 1 aromatic rings. The maximum Gasteiger partial charge on any atom is 0.222 e. The fourth-order valence-corrected chi connectivity index (χ4v) is 2.62. The summed E-state index contributed by atoms with van der Waals surface area (Å²) in [5, 5.41) is 3.44. The molecular formula is C16H24N2O. The molecule has 1 heterocycles. The van der Waals surface area contributed by atoms with Gasteiger partial charge in [-0.2, -0.15) is 0 Å². The lowest BCUT2D eigenvalue weighted by atomic mass is 10.1. The molecule has 1 N–H and O–H groups in total. The molecule has 0 bridgehead atoms. The van der Waals surface area contributed by atoms with Crippen molar-refractivity contribution in [3.63, 3.8) is 0 Å². The summed E-state index contributed by atoms with van der Waals surface area (Å²) >= 11 is 0. The van der Waals surface area contributed by atoms with Crippen molar-refractivity contribution in [2.45, 2.75) is 45.2 Å². The molecule has 1 atom stereocenters. The Balaban J connectivity index is 1.80. The van der Waals surface area contributed by atoms with Gasteiger partial charge in [0, 0.05) is 26.1 Å². The van der Waals surface area contributed by atoms with E-state index in [2.05, 4.69) is 24.4 Å². The van der Waals surface area contributed by atoms with Gasteiger partial charge in [0.05, 0.1) is 0 Å². The van der Waals surface area contributed by atoms with E-state index in [9.17, 15) is 4.79 Å². The second-order valence-electron chi connectivity index (χ2n) is 5.51. The third kappa shape index (κ3) is 4.06. The molecule has 1 aliphatic rings. The van der Waals surface area contributed by atoms with Gasteiger partial charge in [-0.25, -0.2) is 0 Å². The van der Waals surface area contributed by atoms with Gasteiger partial charge in [-0.1, -0.05) is 24.3 Å². The maximum absolute atomic E-state index is 12.1. The topological polar surface area (TPSA) is 32.3 Å². The number of amides is 1. The lowest BCUT2D eigenvalue weighted by Gasteiger charge is -2.19. The van der Waals surface area contributed by atoms with E-state index in [0.717, 1.165) is 13.0 Å². The van der Waals surface area contributed by atoms with Crippen LogP contribution in [0.15, 0.2) is 24.3 Å². The first kappa shape index (κ1) is 14.1. The van der Waals surface area contributed by atoms with Crippen molar-refractivity contribution in [3.8, 4) is 0 Å². The highest BCUT2D eigenvalue weighted by Gasteiger charge is 2.17. The van der Waals surface area contributed by atoms with Crippen molar-refractivity contribution in [3.05, 3.63) is 35.4 Å². The third-order valence-corrected chi connectivity index (χ3v) is 3.96. The van der Waals surface area contributed by atoms with Crippen molar-refractivity contribution in [2.75, 3.05) is 13.6 Å². The van der Waals surface area contributed by atoms with Gasteiger partial charge in [0.2, 0.25) is 5.91 Å². The fraction of sp³-hybridized carbons (Fsp3) is 0.562. The molecule has 2 rings (SSSR count). The van der Waals surface area contributed by atoms with Crippen LogP contribution in [-0.2, 0) is 11.3 Å². The molecule has 0 radical (unpaired) electrons. The highest BCUT2D eigenvalue weighted by Crippen LogP contribution is 2.13. The van der Waals surface area contributed by atoms with Crippen LogP contribution in [0.1, 0.15) is 36.8 Å². The molecule has 104 valence electrons. The van der Waals surface area contributed by atoms with Crippen LogP contribution < -0.4 is 5.32 Å². The highest BCUT2D eigenvalue weighted by molar-refractivity contribution is 5.75. The summed E-state index contributed by atoms with van der Waals surface area (Å²) < 4.78 is 0. The zero-order valence-corrected chi connectivity index (χ0v) is 12.0. The second-order valence-corrected chi connectivity index (χ2v) is 5.51. The second kappa shape index (κ2) is 6.71. The van der Waals surface area contributed by atoms with Crippen LogP contribution >= 0.6 is 0 Å². The Kier molecular flexibility index (Phi) is 4.97.